The molecule has 0 unspecified atom stereocenters. The van der Waals surface area contributed by atoms with Crippen LogP contribution in [-0.4, -0.2) is 35.0 Å². The minimum Gasteiger partial charge on any atom is -0.355 e. The molecule has 0 spiro atoms. The van der Waals surface area contributed by atoms with Gasteiger partial charge in [0.05, 0.1) is 18.4 Å². The fourth-order valence-corrected chi connectivity index (χ4v) is 4.31. The van der Waals surface area contributed by atoms with Crippen LogP contribution in [0.1, 0.15) is 6.42 Å². The Morgan fingerprint density at radius 1 is 1.43 bits per heavy atom. The van der Waals surface area contributed by atoms with Gasteiger partial charge in [-0.3, -0.25) is 0 Å². The second kappa shape index (κ2) is 6.97. The molecular weight excluding hydrogens is 331 g/mol. The van der Waals surface area contributed by atoms with E-state index in [1.54, 1.807) is 28.6 Å². The molecule has 0 aliphatic carbocycles. The first kappa shape index (κ1) is 15.1. The van der Waals surface area contributed by atoms with E-state index in [0.29, 0.717) is 10.7 Å². The summed E-state index contributed by atoms with van der Waals surface area (Å²) in [5, 5.41) is 4.48. The zero-order valence-corrected chi connectivity index (χ0v) is 13.5. The minimum atomic E-state index is -0.272. The monoisotopic (exact) mass is 344 g/mol. The van der Waals surface area contributed by atoms with E-state index >= 15 is 0 Å². The first-order valence-corrected chi connectivity index (χ1v) is 8.61. The highest BCUT2D eigenvalue weighted by Crippen LogP contribution is 2.26. The summed E-state index contributed by atoms with van der Waals surface area (Å²) in [6, 6.07) is 6.14. The van der Waals surface area contributed by atoms with Crippen molar-refractivity contribution in [2.45, 2.75) is 16.9 Å². The molecule has 1 saturated heterocycles. The van der Waals surface area contributed by atoms with Crippen LogP contribution in [0, 0.1) is 9.77 Å². The molecule has 1 aliphatic heterocycles. The molecule has 2 heterocycles. The molecule has 1 aromatic carbocycles. The van der Waals surface area contributed by atoms with Gasteiger partial charge in [0.15, 0.2) is 8.29 Å². The van der Waals surface area contributed by atoms with Gasteiger partial charge in [0, 0.05) is 5.75 Å². The summed E-state index contributed by atoms with van der Waals surface area (Å²) in [7, 11) is 0. The predicted molar refractivity (Wildman–Crippen MR) is 83.3 cm³/mol. The van der Waals surface area contributed by atoms with Crippen LogP contribution < -0.4 is 0 Å². The fourth-order valence-electron chi connectivity index (χ4n) is 1.86. The van der Waals surface area contributed by atoms with Crippen LogP contribution >= 0.6 is 35.3 Å². The van der Waals surface area contributed by atoms with Crippen molar-refractivity contribution in [2.75, 3.05) is 19.2 Å². The molecule has 0 amide bonds. The molecular formula is C13H13FN2O2S3. The highest BCUT2D eigenvalue weighted by Gasteiger charge is 2.16. The van der Waals surface area contributed by atoms with Gasteiger partial charge >= 0.3 is 0 Å². The second-order valence-electron chi connectivity index (χ2n) is 4.44. The molecule has 0 N–H and O–H groups in total. The van der Waals surface area contributed by atoms with Crippen LogP contribution in [0.25, 0.3) is 5.69 Å². The third kappa shape index (κ3) is 3.89. The molecule has 112 valence electrons. The fraction of sp³-hybridized carbons (Fsp3) is 0.385. The van der Waals surface area contributed by atoms with Gasteiger partial charge in [0.25, 0.3) is 0 Å². The van der Waals surface area contributed by atoms with Gasteiger partial charge in [-0.05, 0) is 42.9 Å². The SMILES string of the molecule is Fc1ccc(-n2nc(SC[C@H]3CCOCO3)sc2=S)cc1. The van der Waals surface area contributed by atoms with Crippen LogP contribution in [0.4, 0.5) is 4.39 Å². The van der Waals surface area contributed by atoms with Crippen molar-refractivity contribution < 1.29 is 13.9 Å². The predicted octanol–water partition coefficient (Wildman–Crippen LogP) is 3.66. The van der Waals surface area contributed by atoms with Gasteiger partial charge in [0.1, 0.15) is 12.6 Å². The van der Waals surface area contributed by atoms with Gasteiger partial charge < -0.3 is 9.47 Å². The van der Waals surface area contributed by atoms with E-state index in [1.165, 1.54) is 23.5 Å². The summed E-state index contributed by atoms with van der Waals surface area (Å²) >= 11 is 8.40. The molecule has 1 aliphatic rings. The number of halogens is 1. The van der Waals surface area contributed by atoms with Crippen molar-refractivity contribution in [1.29, 1.82) is 0 Å². The number of hydrogen-bond donors (Lipinski definition) is 0. The largest absolute Gasteiger partial charge is 0.355 e. The second-order valence-corrected chi connectivity index (χ2v) is 7.33. The standard InChI is InChI=1S/C13H13FN2O2S3/c14-9-1-3-10(4-2-9)16-13(19)21-12(15-16)20-7-11-5-6-17-8-18-11/h1-4,11H,5-8H2/t11-/m1/s1. The summed E-state index contributed by atoms with van der Waals surface area (Å²) in [5.41, 5.74) is 0.770. The lowest BCUT2D eigenvalue weighted by molar-refractivity contribution is -0.130. The van der Waals surface area contributed by atoms with Crippen molar-refractivity contribution in [3.05, 3.63) is 34.0 Å². The molecule has 2 aromatic rings. The lowest BCUT2D eigenvalue weighted by atomic mass is 10.3. The number of nitrogens with zero attached hydrogens (tertiary/aromatic N) is 2. The average Bonchev–Trinajstić information content (AvgIpc) is 2.88. The molecule has 1 fully saturated rings. The smallest absolute Gasteiger partial charge is 0.184 e. The maximum atomic E-state index is 13.0. The maximum Gasteiger partial charge on any atom is 0.184 e. The van der Waals surface area contributed by atoms with E-state index in [-0.39, 0.29) is 11.9 Å². The van der Waals surface area contributed by atoms with Crippen LogP contribution in [0.5, 0.6) is 0 Å². The summed E-state index contributed by atoms with van der Waals surface area (Å²) in [5.74, 6) is 0.557. The van der Waals surface area contributed by atoms with Crippen LogP contribution in [-0.2, 0) is 9.47 Å². The molecule has 0 saturated carbocycles. The minimum absolute atomic E-state index is 0.195. The van der Waals surface area contributed by atoms with Gasteiger partial charge in [-0.1, -0.05) is 23.1 Å². The number of rotatable bonds is 4. The Labute approximate surface area is 134 Å². The Hall–Kier alpha value is -0.800. The van der Waals surface area contributed by atoms with Crippen molar-refractivity contribution >= 4 is 35.3 Å². The molecule has 8 heteroatoms. The molecule has 21 heavy (non-hydrogen) atoms. The number of thioether (sulfide) groups is 1. The molecule has 4 nitrogen and oxygen atoms in total. The molecule has 3 rings (SSSR count). The molecule has 0 radical (unpaired) electrons. The van der Waals surface area contributed by atoms with E-state index < -0.39 is 0 Å². The molecule has 1 atom stereocenters. The Kier molecular flexibility index (Phi) is 5.02. The zero-order valence-electron chi connectivity index (χ0n) is 11.0. The van der Waals surface area contributed by atoms with Crippen molar-refractivity contribution in [3.8, 4) is 5.69 Å². The number of ether oxygens (including phenoxy) is 2. The highest BCUT2D eigenvalue weighted by atomic mass is 32.2. The van der Waals surface area contributed by atoms with Gasteiger partial charge in [-0.25, -0.2) is 9.07 Å². The van der Waals surface area contributed by atoms with Crippen LogP contribution in [0.15, 0.2) is 28.6 Å². The van der Waals surface area contributed by atoms with E-state index in [9.17, 15) is 4.39 Å². The lowest BCUT2D eigenvalue weighted by Crippen LogP contribution is -2.25. The normalized spacial score (nSPS) is 18.8. The Morgan fingerprint density at radius 3 is 2.95 bits per heavy atom. The van der Waals surface area contributed by atoms with Crippen LogP contribution in [0.3, 0.4) is 0 Å². The first-order valence-electron chi connectivity index (χ1n) is 6.40. The average molecular weight is 344 g/mol. The van der Waals surface area contributed by atoms with Crippen molar-refractivity contribution in [2.24, 2.45) is 0 Å². The maximum absolute atomic E-state index is 13.0. The van der Waals surface area contributed by atoms with E-state index in [4.69, 9.17) is 21.7 Å². The lowest BCUT2D eigenvalue weighted by Gasteiger charge is -2.21. The summed E-state index contributed by atoms with van der Waals surface area (Å²) in [6.07, 6.45) is 1.09. The van der Waals surface area contributed by atoms with Gasteiger partial charge in [-0.2, -0.15) is 0 Å². The van der Waals surface area contributed by atoms with E-state index in [2.05, 4.69) is 5.10 Å². The van der Waals surface area contributed by atoms with Crippen molar-refractivity contribution in [1.82, 2.24) is 9.78 Å². The molecule has 0 bridgehead atoms. The van der Waals surface area contributed by atoms with Crippen LogP contribution in [0.2, 0.25) is 0 Å². The van der Waals surface area contributed by atoms with Gasteiger partial charge in [0.2, 0.25) is 0 Å². The first-order chi connectivity index (χ1) is 10.2. The summed E-state index contributed by atoms with van der Waals surface area (Å²) in [4.78, 5) is 0. The topological polar surface area (TPSA) is 36.3 Å². The number of benzene rings is 1. The quantitative estimate of drug-likeness (QED) is 0.625. The van der Waals surface area contributed by atoms with Crippen molar-refractivity contribution in [3.63, 3.8) is 0 Å². The Balaban J connectivity index is 1.69. The Bertz CT molecular complexity index is 650. The third-order valence-electron chi connectivity index (χ3n) is 2.96. The summed E-state index contributed by atoms with van der Waals surface area (Å²) in [6.45, 7) is 1.11. The van der Waals surface area contributed by atoms with E-state index in [0.717, 1.165) is 28.8 Å². The van der Waals surface area contributed by atoms with Gasteiger partial charge in [-0.15, -0.1) is 5.10 Å². The summed E-state index contributed by atoms with van der Waals surface area (Å²) < 4.78 is 26.8. The third-order valence-corrected chi connectivity index (χ3v) is 5.46. The molecule has 1 aromatic heterocycles. The number of aromatic nitrogens is 2. The highest BCUT2D eigenvalue weighted by molar-refractivity contribution is 8.01. The number of hydrogen-bond acceptors (Lipinski definition) is 6. The Morgan fingerprint density at radius 2 is 2.24 bits per heavy atom. The van der Waals surface area contributed by atoms with E-state index in [1.807, 2.05) is 0 Å². The zero-order chi connectivity index (χ0) is 14.7.